The Morgan fingerprint density at radius 3 is 2.46 bits per heavy atom. The number of phenolic OH excluding ortho intramolecular Hbond substituents is 1. The summed E-state index contributed by atoms with van der Waals surface area (Å²) in [5, 5.41) is 20.0. The minimum atomic E-state index is -1.10. The van der Waals surface area contributed by atoms with E-state index in [1.807, 2.05) is 0 Å². The van der Waals surface area contributed by atoms with Crippen LogP contribution in [0.5, 0.6) is 5.75 Å². The van der Waals surface area contributed by atoms with Crippen LogP contribution in [-0.2, 0) is 0 Å². The second-order valence-electron chi connectivity index (χ2n) is 2.81. The molecule has 0 aliphatic carbocycles. The fourth-order valence-corrected chi connectivity index (χ4v) is 1.06. The number of amides is 1. The molecule has 0 bridgehead atoms. The standard InChI is InChI=1S/C9H11NO3/c1-5-6(2)8(11)4-3-7(5)10-9(12)13/h3-4,10-11H,1-2H3,(H,12,13). The van der Waals surface area contributed by atoms with Gasteiger partial charge in [-0.15, -0.1) is 0 Å². The predicted molar refractivity (Wildman–Crippen MR) is 49.2 cm³/mol. The zero-order valence-electron chi connectivity index (χ0n) is 7.46. The van der Waals surface area contributed by atoms with Gasteiger partial charge in [-0.3, -0.25) is 5.32 Å². The van der Waals surface area contributed by atoms with E-state index in [1.54, 1.807) is 13.8 Å². The molecule has 1 aromatic carbocycles. The average molecular weight is 181 g/mol. The highest BCUT2D eigenvalue weighted by Crippen LogP contribution is 2.25. The molecular formula is C9H11NO3. The number of carboxylic acid groups (broad SMARTS) is 1. The summed E-state index contributed by atoms with van der Waals surface area (Å²) in [6.07, 6.45) is -1.10. The molecule has 0 spiro atoms. The van der Waals surface area contributed by atoms with Crippen LogP contribution in [-0.4, -0.2) is 16.3 Å². The Labute approximate surface area is 75.8 Å². The molecule has 4 nitrogen and oxygen atoms in total. The molecule has 1 rings (SSSR count). The summed E-state index contributed by atoms with van der Waals surface area (Å²) in [4.78, 5) is 10.3. The molecule has 3 N–H and O–H groups in total. The Morgan fingerprint density at radius 2 is 1.92 bits per heavy atom. The van der Waals surface area contributed by atoms with Gasteiger partial charge in [0.15, 0.2) is 0 Å². The molecule has 1 amide bonds. The second kappa shape index (κ2) is 3.35. The smallest absolute Gasteiger partial charge is 0.409 e. The third kappa shape index (κ3) is 1.90. The van der Waals surface area contributed by atoms with Gasteiger partial charge in [0.1, 0.15) is 5.75 Å². The average Bonchev–Trinajstić information content (AvgIpc) is 2.06. The number of aromatic hydroxyl groups is 1. The zero-order chi connectivity index (χ0) is 10.0. The molecule has 0 aliphatic rings. The van der Waals surface area contributed by atoms with Crippen molar-refractivity contribution in [1.82, 2.24) is 0 Å². The van der Waals surface area contributed by atoms with Gasteiger partial charge in [-0.05, 0) is 37.1 Å². The van der Waals surface area contributed by atoms with E-state index in [4.69, 9.17) is 5.11 Å². The number of nitrogens with one attached hydrogen (secondary N) is 1. The maximum absolute atomic E-state index is 10.3. The first-order valence-corrected chi connectivity index (χ1v) is 3.81. The Balaban J connectivity index is 3.10. The highest BCUT2D eigenvalue weighted by molar-refractivity contribution is 5.84. The molecule has 0 unspecified atom stereocenters. The fraction of sp³-hybridized carbons (Fsp3) is 0.222. The van der Waals surface area contributed by atoms with Crippen LogP contribution in [0.25, 0.3) is 0 Å². The Morgan fingerprint density at radius 1 is 1.31 bits per heavy atom. The Bertz CT molecular complexity index is 347. The molecule has 0 atom stereocenters. The first-order chi connectivity index (χ1) is 6.02. The number of phenols is 1. The fourth-order valence-electron chi connectivity index (χ4n) is 1.06. The highest BCUT2D eigenvalue weighted by atomic mass is 16.4. The third-order valence-corrected chi connectivity index (χ3v) is 2.00. The monoisotopic (exact) mass is 181 g/mol. The lowest BCUT2D eigenvalue weighted by Gasteiger charge is -2.09. The van der Waals surface area contributed by atoms with Gasteiger partial charge >= 0.3 is 6.09 Å². The van der Waals surface area contributed by atoms with Crippen molar-refractivity contribution < 1.29 is 15.0 Å². The van der Waals surface area contributed by atoms with Crippen LogP contribution in [0.1, 0.15) is 11.1 Å². The second-order valence-corrected chi connectivity index (χ2v) is 2.81. The lowest BCUT2D eigenvalue weighted by Crippen LogP contribution is -2.08. The molecule has 0 saturated carbocycles. The summed E-state index contributed by atoms with van der Waals surface area (Å²) < 4.78 is 0. The minimum Gasteiger partial charge on any atom is -0.508 e. The van der Waals surface area contributed by atoms with E-state index in [1.165, 1.54) is 12.1 Å². The normalized spacial score (nSPS) is 9.69. The molecule has 13 heavy (non-hydrogen) atoms. The molecule has 0 radical (unpaired) electrons. The summed E-state index contributed by atoms with van der Waals surface area (Å²) in [7, 11) is 0. The molecule has 0 aromatic heterocycles. The Hall–Kier alpha value is -1.71. The molecule has 0 saturated heterocycles. The van der Waals surface area contributed by atoms with Crippen LogP contribution >= 0.6 is 0 Å². The van der Waals surface area contributed by atoms with Crippen molar-refractivity contribution in [1.29, 1.82) is 0 Å². The molecule has 1 aromatic rings. The Kier molecular flexibility index (Phi) is 2.41. The number of hydrogen-bond donors (Lipinski definition) is 3. The minimum absolute atomic E-state index is 0.174. The molecular weight excluding hydrogens is 170 g/mol. The predicted octanol–water partition coefficient (Wildman–Crippen LogP) is 2.10. The van der Waals surface area contributed by atoms with Crippen molar-refractivity contribution in [2.75, 3.05) is 5.32 Å². The molecule has 4 heteroatoms. The lowest BCUT2D eigenvalue weighted by atomic mass is 10.1. The molecule has 0 aliphatic heterocycles. The largest absolute Gasteiger partial charge is 0.508 e. The van der Waals surface area contributed by atoms with E-state index in [-0.39, 0.29) is 5.75 Å². The first kappa shape index (κ1) is 9.38. The maximum Gasteiger partial charge on any atom is 0.409 e. The first-order valence-electron chi connectivity index (χ1n) is 3.81. The van der Waals surface area contributed by atoms with Crippen molar-refractivity contribution in [2.24, 2.45) is 0 Å². The summed E-state index contributed by atoms with van der Waals surface area (Å²) >= 11 is 0. The summed E-state index contributed by atoms with van der Waals surface area (Å²) in [6.45, 7) is 3.48. The third-order valence-electron chi connectivity index (χ3n) is 2.00. The SMILES string of the molecule is Cc1c(O)ccc(NC(=O)O)c1C. The van der Waals surface area contributed by atoms with Crippen LogP contribution in [0.2, 0.25) is 0 Å². The van der Waals surface area contributed by atoms with Crippen molar-refractivity contribution in [3.8, 4) is 5.75 Å². The zero-order valence-corrected chi connectivity index (χ0v) is 7.46. The van der Waals surface area contributed by atoms with E-state index in [9.17, 15) is 9.90 Å². The van der Waals surface area contributed by atoms with Crippen molar-refractivity contribution in [2.45, 2.75) is 13.8 Å². The number of rotatable bonds is 1. The van der Waals surface area contributed by atoms with E-state index in [2.05, 4.69) is 5.32 Å². The van der Waals surface area contributed by atoms with Crippen LogP contribution < -0.4 is 5.32 Å². The summed E-state index contributed by atoms with van der Waals surface area (Å²) in [5.41, 5.74) is 1.93. The van der Waals surface area contributed by atoms with E-state index in [0.717, 1.165) is 5.56 Å². The van der Waals surface area contributed by atoms with Crippen molar-refractivity contribution >= 4 is 11.8 Å². The van der Waals surface area contributed by atoms with Gasteiger partial charge < -0.3 is 10.2 Å². The van der Waals surface area contributed by atoms with Crippen molar-refractivity contribution in [3.05, 3.63) is 23.3 Å². The van der Waals surface area contributed by atoms with Crippen molar-refractivity contribution in [3.63, 3.8) is 0 Å². The van der Waals surface area contributed by atoms with Crippen LogP contribution in [0.3, 0.4) is 0 Å². The molecule has 0 fully saturated rings. The van der Waals surface area contributed by atoms with E-state index in [0.29, 0.717) is 11.3 Å². The quantitative estimate of drug-likeness (QED) is 0.581. The number of anilines is 1. The highest BCUT2D eigenvalue weighted by Gasteiger charge is 2.06. The number of carbonyl (C=O) groups is 1. The van der Waals surface area contributed by atoms with Gasteiger partial charge in [-0.1, -0.05) is 0 Å². The number of benzene rings is 1. The van der Waals surface area contributed by atoms with Crippen LogP contribution in [0.15, 0.2) is 12.1 Å². The van der Waals surface area contributed by atoms with Gasteiger partial charge in [-0.2, -0.15) is 0 Å². The van der Waals surface area contributed by atoms with E-state index < -0.39 is 6.09 Å². The molecule has 0 heterocycles. The van der Waals surface area contributed by atoms with Crippen LogP contribution in [0, 0.1) is 13.8 Å². The van der Waals surface area contributed by atoms with Gasteiger partial charge in [0.05, 0.1) is 0 Å². The van der Waals surface area contributed by atoms with Gasteiger partial charge in [0.2, 0.25) is 0 Å². The van der Waals surface area contributed by atoms with Gasteiger partial charge in [0, 0.05) is 5.69 Å². The van der Waals surface area contributed by atoms with Crippen LogP contribution in [0.4, 0.5) is 10.5 Å². The van der Waals surface area contributed by atoms with Gasteiger partial charge in [-0.25, -0.2) is 4.79 Å². The maximum atomic E-state index is 10.3. The summed E-state index contributed by atoms with van der Waals surface area (Å²) in [5.74, 6) is 0.174. The van der Waals surface area contributed by atoms with E-state index >= 15 is 0 Å². The summed E-state index contributed by atoms with van der Waals surface area (Å²) in [6, 6.07) is 3.00. The lowest BCUT2D eigenvalue weighted by molar-refractivity contribution is 0.209. The number of hydrogen-bond acceptors (Lipinski definition) is 2. The van der Waals surface area contributed by atoms with Gasteiger partial charge in [0.25, 0.3) is 0 Å². The topological polar surface area (TPSA) is 69.6 Å². The molecule has 70 valence electrons.